The fourth-order valence-corrected chi connectivity index (χ4v) is 2.44. The Hall–Kier alpha value is -2.22. The Labute approximate surface area is 123 Å². The highest BCUT2D eigenvalue weighted by Gasteiger charge is 2.40. The summed E-state index contributed by atoms with van der Waals surface area (Å²) in [4.78, 5) is 34.6. The van der Waals surface area contributed by atoms with Gasteiger partial charge in [0.1, 0.15) is 16.5 Å². The van der Waals surface area contributed by atoms with Crippen molar-refractivity contribution in [2.45, 2.75) is 6.42 Å². The van der Waals surface area contributed by atoms with Crippen LogP contribution < -0.4 is 4.90 Å². The van der Waals surface area contributed by atoms with Crippen LogP contribution in [0, 0.1) is 21.8 Å². The predicted octanol–water partition coefficient (Wildman–Crippen LogP) is 1.91. The number of halogens is 2. The van der Waals surface area contributed by atoms with E-state index >= 15 is 0 Å². The summed E-state index contributed by atoms with van der Waals surface area (Å²) in [5.41, 5.74) is -0.835. The van der Waals surface area contributed by atoms with E-state index in [0.29, 0.717) is 0 Å². The Morgan fingerprint density at radius 3 is 2.81 bits per heavy atom. The van der Waals surface area contributed by atoms with Crippen LogP contribution in [0.3, 0.4) is 0 Å². The summed E-state index contributed by atoms with van der Waals surface area (Å²) in [7, 11) is 1.17. The number of carbonyl (C=O) groups excluding carboxylic acids is 2. The van der Waals surface area contributed by atoms with Crippen LogP contribution in [0.4, 0.5) is 15.8 Å². The van der Waals surface area contributed by atoms with E-state index in [1.165, 1.54) is 7.11 Å². The fraction of sp³-hybridized carbons (Fsp3) is 0.333. The lowest BCUT2D eigenvalue weighted by molar-refractivity contribution is -0.384. The van der Waals surface area contributed by atoms with Crippen molar-refractivity contribution < 1.29 is 23.6 Å². The second kappa shape index (κ2) is 5.65. The highest BCUT2D eigenvalue weighted by atomic mass is 35.5. The van der Waals surface area contributed by atoms with Crippen LogP contribution in [0.15, 0.2) is 12.1 Å². The number of amides is 1. The van der Waals surface area contributed by atoms with Gasteiger partial charge in [-0.2, -0.15) is 0 Å². The van der Waals surface area contributed by atoms with Crippen LogP contribution in [0.5, 0.6) is 0 Å². The Morgan fingerprint density at radius 2 is 2.24 bits per heavy atom. The molecule has 0 bridgehead atoms. The number of anilines is 1. The molecule has 7 nitrogen and oxygen atoms in total. The maximum atomic E-state index is 13.5. The average molecular weight is 317 g/mol. The molecule has 1 aromatic rings. The Morgan fingerprint density at radius 1 is 1.57 bits per heavy atom. The molecule has 1 atom stereocenters. The molecule has 1 fully saturated rings. The van der Waals surface area contributed by atoms with Crippen LogP contribution in [0.1, 0.15) is 6.42 Å². The molecule has 2 rings (SSSR count). The molecular weight excluding hydrogens is 307 g/mol. The zero-order chi connectivity index (χ0) is 15.7. The van der Waals surface area contributed by atoms with Crippen molar-refractivity contribution in [1.82, 2.24) is 0 Å². The van der Waals surface area contributed by atoms with Gasteiger partial charge in [-0.05, 0) is 6.07 Å². The SMILES string of the molecule is COC(=O)C1CC(=O)N(c2c([N+](=O)[O-])ccc(F)c2Cl)C1. The number of benzene rings is 1. The third kappa shape index (κ3) is 2.66. The third-order valence-electron chi connectivity index (χ3n) is 3.17. The van der Waals surface area contributed by atoms with E-state index in [-0.39, 0.29) is 18.7 Å². The highest BCUT2D eigenvalue weighted by molar-refractivity contribution is 6.34. The first kappa shape index (κ1) is 15.2. The maximum Gasteiger partial charge on any atom is 0.311 e. The van der Waals surface area contributed by atoms with Gasteiger partial charge < -0.3 is 9.64 Å². The molecule has 0 spiro atoms. The molecule has 1 amide bonds. The van der Waals surface area contributed by atoms with Gasteiger partial charge in [0.15, 0.2) is 0 Å². The van der Waals surface area contributed by atoms with E-state index < -0.39 is 39.2 Å². The number of hydrogen-bond donors (Lipinski definition) is 0. The Bertz CT molecular complexity index is 636. The summed E-state index contributed by atoms with van der Waals surface area (Å²) in [6.07, 6.45) is -0.170. The maximum absolute atomic E-state index is 13.5. The minimum Gasteiger partial charge on any atom is -0.469 e. The smallest absolute Gasteiger partial charge is 0.311 e. The first-order chi connectivity index (χ1) is 9.86. The van der Waals surface area contributed by atoms with E-state index in [1.807, 2.05) is 0 Å². The van der Waals surface area contributed by atoms with Crippen molar-refractivity contribution in [3.05, 3.63) is 33.1 Å². The molecule has 112 valence electrons. The molecule has 0 radical (unpaired) electrons. The number of rotatable bonds is 3. The lowest BCUT2D eigenvalue weighted by Gasteiger charge is -2.18. The molecule has 1 heterocycles. The second-order valence-electron chi connectivity index (χ2n) is 4.41. The summed E-state index contributed by atoms with van der Waals surface area (Å²) in [5.74, 6) is -2.81. The summed E-state index contributed by atoms with van der Waals surface area (Å²) in [6.45, 7) is -0.143. The molecule has 0 aromatic heterocycles. The van der Waals surface area contributed by atoms with Gasteiger partial charge in [0, 0.05) is 19.0 Å². The summed E-state index contributed by atoms with van der Waals surface area (Å²) >= 11 is 5.76. The quantitative estimate of drug-likeness (QED) is 0.483. The fourth-order valence-electron chi connectivity index (χ4n) is 2.18. The van der Waals surface area contributed by atoms with E-state index in [1.54, 1.807) is 0 Å². The molecule has 0 aliphatic carbocycles. The zero-order valence-corrected chi connectivity index (χ0v) is 11.6. The number of esters is 1. The Balaban J connectivity index is 2.47. The molecule has 21 heavy (non-hydrogen) atoms. The summed E-state index contributed by atoms with van der Waals surface area (Å²) in [6, 6.07) is 1.78. The van der Waals surface area contributed by atoms with Crippen LogP contribution >= 0.6 is 11.6 Å². The van der Waals surface area contributed by atoms with Gasteiger partial charge in [0.05, 0.1) is 18.0 Å². The van der Waals surface area contributed by atoms with E-state index in [9.17, 15) is 24.1 Å². The first-order valence-corrected chi connectivity index (χ1v) is 6.25. The van der Waals surface area contributed by atoms with Gasteiger partial charge in [0.25, 0.3) is 5.69 Å². The number of nitro benzene ring substituents is 1. The number of carbonyl (C=O) groups is 2. The largest absolute Gasteiger partial charge is 0.469 e. The summed E-state index contributed by atoms with van der Waals surface area (Å²) in [5, 5.41) is 10.5. The zero-order valence-electron chi connectivity index (χ0n) is 10.8. The van der Waals surface area contributed by atoms with Crippen molar-refractivity contribution in [2.75, 3.05) is 18.6 Å². The molecular formula is C12H10ClFN2O5. The summed E-state index contributed by atoms with van der Waals surface area (Å²) < 4.78 is 18.1. The normalized spacial score (nSPS) is 18.0. The number of nitrogens with zero attached hydrogens (tertiary/aromatic N) is 2. The van der Waals surface area contributed by atoms with E-state index in [0.717, 1.165) is 17.0 Å². The molecule has 9 heteroatoms. The van der Waals surface area contributed by atoms with Crippen molar-refractivity contribution in [3.8, 4) is 0 Å². The third-order valence-corrected chi connectivity index (χ3v) is 3.53. The van der Waals surface area contributed by atoms with Gasteiger partial charge in [0.2, 0.25) is 5.91 Å². The lowest BCUT2D eigenvalue weighted by Crippen LogP contribution is -2.27. The van der Waals surface area contributed by atoms with Gasteiger partial charge >= 0.3 is 5.97 Å². The number of hydrogen-bond acceptors (Lipinski definition) is 5. The predicted molar refractivity (Wildman–Crippen MR) is 70.5 cm³/mol. The number of nitro groups is 1. The van der Waals surface area contributed by atoms with E-state index in [2.05, 4.69) is 4.74 Å². The first-order valence-electron chi connectivity index (χ1n) is 5.87. The van der Waals surface area contributed by atoms with Gasteiger partial charge in [-0.15, -0.1) is 0 Å². The van der Waals surface area contributed by atoms with Crippen molar-refractivity contribution in [2.24, 2.45) is 5.92 Å². The average Bonchev–Trinajstić information content (AvgIpc) is 2.82. The highest BCUT2D eigenvalue weighted by Crippen LogP contribution is 2.40. The molecule has 1 unspecified atom stereocenters. The minimum atomic E-state index is -0.883. The second-order valence-corrected chi connectivity index (χ2v) is 4.79. The molecule has 1 saturated heterocycles. The molecule has 1 aromatic carbocycles. The van der Waals surface area contributed by atoms with Crippen LogP contribution in [-0.4, -0.2) is 30.5 Å². The van der Waals surface area contributed by atoms with Crippen molar-refractivity contribution in [1.29, 1.82) is 0 Å². The monoisotopic (exact) mass is 316 g/mol. The van der Waals surface area contributed by atoms with Crippen LogP contribution in [0.25, 0.3) is 0 Å². The van der Waals surface area contributed by atoms with Gasteiger partial charge in [-0.1, -0.05) is 11.6 Å². The molecule has 0 saturated carbocycles. The van der Waals surface area contributed by atoms with Gasteiger partial charge in [-0.3, -0.25) is 19.7 Å². The van der Waals surface area contributed by atoms with Crippen molar-refractivity contribution in [3.63, 3.8) is 0 Å². The Kier molecular flexibility index (Phi) is 4.08. The topological polar surface area (TPSA) is 89.8 Å². The van der Waals surface area contributed by atoms with Gasteiger partial charge in [-0.25, -0.2) is 4.39 Å². The molecule has 1 aliphatic heterocycles. The van der Waals surface area contributed by atoms with Crippen molar-refractivity contribution >= 4 is 34.9 Å². The number of methoxy groups -OCH3 is 1. The molecule has 0 N–H and O–H groups in total. The van der Waals surface area contributed by atoms with E-state index in [4.69, 9.17) is 11.6 Å². The van der Waals surface area contributed by atoms with Crippen LogP contribution in [-0.2, 0) is 14.3 Å². The molecule has 1 aliphatic rings. The standard InChI is InChI=1S/C12H10ClFN2O5/c1-21-12(18)6-4-9(17)15(5-6)11-8(16(19)20)3-2-7(14)10(11)13/h2-3,6H,4-5H2,1H3. The minimum absolute atomic E-state index is 0.143. The lowest BCUT2D eigenvalue weighted by atomic mass is 10.1. The van der Waals surface area contributed by atoms with Crippen LogP contribution in [0.2, 0.25) is 5.02 Å². The number of ether oxygens (including phenoxy) is 1.